The van der Waals surface area contributed by atoms with Crippen molar-refractivity contribution in [3.63, 3.8) is 0 Å². The molecule has 1 rings (SSSR count). The molecule has 0 unspecified atom stereocenters. The Morgan fingerprint density at radius 1 is 1.40 bits per heavy atom. The molecule has 0 fully saturated rings. The Hall–Kier alpha value is -0.970. The Balaban J connectivity index is 2.95. The lowest BCUT2D eigenvalue weighted by atomic mass is 10.1. The van der Waals surface area contributed by atoms with Crippen LogP contribution in [0.4, 0.5) is 8.78 Å². The van der Waals surface area contributed by atoms with E-state index >= 15 is 0 Å². The largest absolute Gasteiger partial charge is 0.465 e. The van der Waals surface area contributed by atoms with Gasteiger partial charge in [-0.25, -0.2) is 13.6 Å². The van der Waals surface area contributed by atoms with Crippen molar-refractivity contribution in [3.05, 3.63) is 35.4 Å². The second-order valence-electron chi connectivity index (χ2n) is 2.91. The smallest absolute Gasteiger partial charge is 0.337 e. The number of benzene rings is 1. The summed E-state index contributed by atoms with van der Waals surface area (Å²) in [5, 5.41) is -0.447. The van der Waals surface area contributed by atoms with Crippen LogP contribution in [0, 0.1) is 0 Å². The predicted molar refractivity (Wildman–Crippen MR) is 55.5 cm³/mol. The minimum absolute atomic E-state index is 0.132. The summed E-state index contributed by atoms with van der Waals surface area (Å²) in [6.07, 6.45) is 0. The highest BCUT2D eigenvalue weighted by Crippen LogP contribution is 2.29. The van der Waals surface area contributed by atoms with E-state index in [4.69, 9.17) is 0 Å². The lowest BCUT2D eigenvalue weighted by Crippen LogP contribution is -2.15. The minimum Gasteiger partial charge on any atom is -0.465 e. The van der Waals surface area contributed by atoms with Gasteiger partial charge in [0.15, 0.2) is 0 Å². The van der Waals surface area contributed by atoms with Crippen molar-refractivity contribution in [3.8, 4) is 0 Å². The summed E-state index contributed by atoms with van der Waals surface area (Å²) in [6, 6.07) is 5.07. The van der Waals surface area contributed by atoms with Crippen molar-refractivity contribution >= 4 is 21.9 Å². The van der Waals surface area contributed by atoms with Gasteiger partial charge in [-0.2, -0.15) is 0 Å². The van der Waals surface area contributed by atoms with Crippen LogP contribution in [0.25, 0.3) is 0 Å². The van der Waals surface area contributed by atoms with Crippen LogP contribution in [0.15, 0.2) is 24.3 Å². The van der Waals surface area contributed by atoms with E-state index in [9.17, 15) is 13.6 Å². The van der Waals surface area contributed by atoms with Gasteiger partial charge in [0.2, 0.25) is 0 Å². The molecule has 0 atom stereocenters. The molecule has 0 N–H and O–H groups in total. The summed E-state index contributed by atoms with van der Waals surface area (Å²) in [4.78, 5) is 11.0. The van der Waals surface area contributed by atoms with E-state index < -0.39 is 17.2 Å². The van der Waals surface area contributed by atoms with E-state index in [1.807, 2.05) is 0 Å². The van der Waals surface area contributed by atoms with Crippen molar-refractivity contribution in [1.29, 1.82) is 0 Å². The first-order valence-electron chi connectivity index (χ1n) is 4.14. The fourth-order valence-electron chi connectivity index (χ4n) is 1.05. The summed E-state index contributed by atoms with van der Waals surface area (Å²) < 4.78 is 30.7. The number of alkyl halides is 3. The van der Waals surface area contributed by atoms with Crippen molar-refractivity contribution in [2.75, 3.05) is 12.4 Å². The molecular formula is C10H9BrF2O2. The Labute approximate surface area is 94.4 Å². The lowest BCUT2D eigenvalue weighted by molar-refractivity contribution is 0.0244. The van der Waals surface area contributed by atoms with E-state index in [1.54, 1.807) is 0 Å². The average molecular weight is 279 g/mol. The molecule has 2 nitrogen and oxygen atoms in total. The summed E-state index contributed by atoms with van der Waals surface area (Å²) in [7, 11) is 1.24. The number of halogens is 3. The zero-order valence-corrected chi connectivity index (χ0v) is 9.55. The number of carbonyl (C=O) groups is 1. The number of ether oxygens (including phenoxy) is 1. The van der Waals surface area contributed by atoms with Gasteiger partial charge < -0.3 is 4.74 Å². The fraction of sp³-hybridized carbons (Fsp3) is 0.300. The van der Waals surface area contributed by atoms with Crippen LogP contribution < -0.4 is 0 Å². The van der Waals surface area contributed by atoms with Gasteiger partial charge in [-0.3, -0.25) is 0 Å². The molecule has 15 heavy (non-hydrogen) atoms. The number of rotatable bonds is 3. The normalized spacial score (nSPS) is 11.2. The van der Waals surface area contributed by atoms with Crippen molar-refractivity contribution in [1.82, 2.24) is 0 Å². The SMILES string of the molecule is COC(=O)c1ccc(C(F)(F)CBr)cc1. The first kappa shape index (κ1) is 12.1. The molecule has 0 aliphatic rings. The molecule has 0 heterocycles. The maximum atomic E-state index is 13.1. The number of esters is 1. The van der Waals surface area contributed by atoms with E-state index in [-0.39, 0.29) is 11.1 Å². The van der Waals surface area contributed by atoms with Gasteiger partial charge in [-0.1, -0.05) is 28.1 Å². The van der Waals surface area contributed by atoms with E-state index in [0.29, 0.717) is 0 Å². The fourth-order valence-corrected chi connectivity index (χ4v) is 1.37. The molecule has 0 aliphatic carbocycles. The Bertz CT molecular complexity index is 349. The molecule has 0 spiro atoms. The van der Waals surface area contributed by atoms with Gasteiger partial charge in [0, 0.05) is 5.56 Å². The van der Waals surface area contributed by atoms with Gasteiger partial charge in [0.25, 0.3) is 5.92 Å². The maximum absolute atomic E-state index is 13.1. The molecule has 0 radical (unpaired) electrons. The molecule has 0 bridgehead atoms. The first-order chi connectivity index (χ1) is 7.01. The molecule has 0 saturated heterocycles. The quantitative estimate of drug-likeness (QED) is 0.628. The molecule has 1 aromatic rings. The molecule has 0 amide bonds. The van der Waals surface area contributed by atoms with Crippen LogP contribution in [0.3, 0.4) is 0 Å². The van der Waals surface area contributed by atoms with Gasteiger partial charge in [0.1, 0.15) is 0 Å². The lowest BCUT2D eigenvalue weighted by Gasteiger charge is -2.13. The first-order valence-corrected chi connectivity index (χ1v) is 5.26. The van der Waals surface area contributed by atoms with Crippen LogP contribution in [0.1, 0.15) is 15.9 Å². The predicted octanol–water partition coefficient (Wildman–Crippen LogP) is 2.96. The molecule has 82 valence electrons. The van der Waals surface area contributed by atoms with E-state index in [1.165, 1.54) is 31.4 Å². The number of methoxy groups -OCH3 is 1. The summed E-state index contributed by atoms with van der Waals surface area (Å²) in [5.41, 5.74) is 0.124. The van der Waals surface area contributed by atoms with Crippen LogP contribution >= 0.6 is 15.9 Å². The topological polar surface area (TPSA) is 26.3 Å². The summed E-state index contributed by atoms with van der Waals surface area (Å²) in [6.45, 7) is 0. The third kappa shape index (κ3) is 2.75. The van der Waals surface area contributed by atoms with Crippen LogP contribution in [0.5, 0.6) is 0 Å². The van der Waals surface area contributed by atoms with E-state index in [2.05, 4.69) is 20.7 Å². The maximum Gasteiger partial charge on any atom is 0.337 e. The van der Waals surface area contributed by atoms with Gasteiger partial charge in [0.05, 0.1) is 18.0 Å². The minimum atomic E-state index is -2.92. The second-order valence-corrected chi connectivity index (χ2v) is 3.47. The van der Waals surface area contributed by atoms with Crippen LogP contribution in [-0.4, -0.2) is 18.4 Å². The van der Waals surface area contributed by atoms with Gasteiger partial charge >= 0.3 is 5.97 Å². The molecule has 0 aliphatic heterocycles. The zero-order valence-electron chi connectivity index (χ0n) is 7.97. The highest BCUT2D eigenvalue weighted by Gasteiger charge is 2.29. The average Bonchev–Trinajstić information content (AvgIpc) is 2.28. The molecule has 0 aromatic heterocycles. The molecule has 5 heteroatoms. The molecule has 1 aromatic carbocycles. The highest BCUT2D eigenvalue weighted by atomic mass is 79.9. The Morgan fingerprint density at radius 3 is 2.33 bits per heavy atom. The third-order valence-corrected chi connectivity index (χ3v) is 2.60. The van der Waals surface area contributed by atoms with Gasteiger partial charge in [-0.15, -0.1) is 0 Å². The zero-order chi connectivity index (χ0) is 11.5. The second kappa shape index (κ2) is 4.70. The number of hydrogen-bond donors (Lipinski definition) is 0. The number of hydrogen-bond acceptors (Lipinski definition) is 2. The Kier molecular flexibility index (Phi) is 3.79. The third-order valence-electron chi connectivity index (χ3n) is 1.90. The highest BCUT2D eigenvalue weighted by molar-refractivity contribution is 9.09. The van der Waals surface area contributed by atoms with Gasteiger partial charge in [-0.05, 0) is 12.1 Å². The molecule has 0 saturated carbocycles. The monoisotopic (exact) mass is 278 g/mol. The van der Waals surface area contributed by atoms with Crippen molar-refractivity contribution < 1.29 is 18.3 Å². The number of carbonyl (C=O) groups excluding carboxylic acids is 1. The molecular weight excluding hydrogens is 270 g/mol. The summed E-state index contributed by atoms with van der Waals surface area (Å²) >= 11 is 2.73. The standard InChI is InChI=1S/C10H9BrF2O2/c1-15-9(14)7-2-4-8(5-3-7)10(12,13)6-11/h2-5H,6H2,1H3. The van der Waals surface area contributed by atoms with E-state index in [0.717, 1.165) is 0 Å². The Morgan fingerprint density at radius 2 is 1.93 bits per heavy atom. The van der Waals surface area contributed by atoms with Crippen LogP contribution in [0.2, 0.25) is 0 Å². The van der Waals surface area contributed by atoms with Crippen molar-refractivity contribution in [2.24, 2.45) is 0 Å². The summed E-state index contributed by atoms with van der Waals surface area (Å²) in [5.74, 6) is -3.46. The van der Waals surface area contributed by atoms with Crippen molar-refractivity contribution in [2.45, 2.75) is 5.92 Å². The van der Waals surface area contributed by atoms with Crippen LogP contribution in [-0.2, 0) is 10.7 Å².